The van der Waals surface area contributed by atoms with Crippen LogP contribution in [0.2, 0.25) is 0 Å². The molecule has 0 radical (unpaired) electrons. The number of aromatic nitrogens is 1. The second-order valence-corrected chi connectivity index (χ2v) is 7.44. The SMILES string of the molecule is COCC1(NC(=O)c2cnc(C3OCCO3)s2)COc2ccccc2C1. The Morgan fingerprint density at radius 3 is 3.00 bits per heavy atom. The van der Waals surface area contributed by atoms with Crippen LogP contribution >= 0.6 is 11.3 Å². The first kappa shape index (κ1) is 17.4. The van der Waals surface area contributed by atoms with E-state index in [0.717, 1.165) is 11.3 Å². The maximum Gasteiger partial charge on any atom is 0.263 e. The average molecular weight is 376 g/mol. The first-order valence-electron chi connectivity index (χ1n) is 8.40. The summed E-state index contributed by atoms with van der Waals surface area (Å²) in [5.41, 5.74) is 0.430. The van der Waals surface area contributed by atoms with Gasteiger partial charge in [-0.2, -0.15) is 0 Å². The molecule has 8 heteroatoms. The second kappa shape index (κ2) is 7.32. The zero-order valence-electron chi connectivity index (χ0n) is 14.4. The molecule has 2 aromatic rings. The van der Waals surface area contributed by atoms with Gasteiger partial charge >= 0.3 is 0 Å². The molecule has 1 atom stereocenters. The Morgan fingerprint density at radius 1 is 1.38 bits per heavy atom. The molecule has 1 amide bonds. The van der Waals surface area contributed by atoms with Crippen molar-refractivity contribution in [2.45, 2.75) is 18.2 Å². The van der Waals surface area contributed by atoms with E-state index in [-0.39, 0.29) is 5.91 Å². The zero-order valence-corrected chi connectivity index (χ0v) is 15.2. The fourth-order valence-electron chi connectivity index (χ4n) is 3.21. The number of methoxy groups -OCH3 is 1. The Bertz CT molecular complexity index is 789. The van der Waals surface area contributed by atoms with E-state index in [9.17, 15) is 4.79 Å². The van der Waals surface area contributed by atoms with Gasteiger partial charge in [-0.3, -0.25) is 4.79 Å². The molecule has 2 aliphatic heterocycles. The van der Waals surface area contributed by atoms with E-state index >= 15 is 0 Å². The minimum absolute atomic E-state index is 0.202. The highest BCUT2D eigenvalue weighted by Crippen LogP contribution is 2.31. The summed E-state index contributed by atoms with van der Waals surface area (Å²) >= 11 is 1.27. The lowest BCUT2D eigenvalue weighted by molar-refractivity contribution is -0.0442. The molecule has 1 saturated heterocycles. The number of ether oxygens (including phenoxy) is 4. The van der Waals surface area contributed by atoms with Crippen LogP contribution in [0.25, 0.3) is 0 Å². The lowest BCUT2D eigenvalue weighted by Crippen LogP contribution is -2.58. The van der Waals surface area contributed by atoms with Crippen LogP contribution in [0.15, 0.2) is 30.5 Å². The molecule has 1 aromatic heterocycles. The maximum absolute atomic E-state index is 12.8. The molecular formula is C18H20N2O5S. The quantitative estimate of drug-likeness (QED) is 0.859. The molecule has 1 unspecified atom stereocenters. The molecule has 26 heavy (non-hydrogen) atoms. The van der Waals surface area contributed by atoms with E-state index in [4.69, 9.17) is 18.9 Å². The van der Waals surface area contributed by atoms with Crippen molar-refractivity contribution in [1.82, 2.24) is 10.3 Å². The van der Waals surface area contributed by atoms with Crippen molar-refractivity contribution < 1.29 is 23.7 Å². The molecule has 4 rings (SSSR count). The van der Waals surface area contributed by atoms with Gasteiger partial charge in [-0.05, 0) is 11.6 Å². The minimum atomic E-state index is -0.620. The molecular weight excluding hydrogens is 356 g/mol. The monoisotopic (exact) mass is 376 g/mol. The van der Waals surface area contributed by atoms with Crippen molar-refractivity contribution in [1.29, 1.82) is 0 Å². The van der Waals surface area contributed by atoms with Gasteiger partial charge in [0.1, 0.15) is 27.8 Å². The van der Waals surface area contributed by atoms with Crippen molar-refractivity contribution in [3.8, 4) is 5.75 Å². The normalized spacial score (nSPS) is 22.7. The van der Waals surface area contributed by atoms with Gasteiger partial charge in [0.05, 0.1) is 26.0 Å². The zero-order chi connectivity index (χ0) is 18.0. The Morgan fingerprint density at radius 2 is 2.19 bits per heavy atom. The van der Waals surface area contributed by atoms with Crippen LogP contribution in [-0.2, 0) is 20.6 Å². The number of amides is 1. The van der Waals surface area contributed by atoms with Gasteiger partial charge < -0.3 is 24.3 Å². The van der Waals surface area contributed by atoms with Crippen LogP contribution in [0.3, 0.4) is 0 Å². The molecule has 0 saturated carbocycles. The lowest BCUT2D eigenvalue weighted by atomic mass is 9.89. The van der Waals surface area contributed by atoms with Crippen LogP contribution in [0, 0.1) is 0 Å². The number of carbonyl (C=O) groups excluding carboxylic acids is 1. The molecule has 1 N–H and O–H groups in total. The number of para-hydroxylation sites is 1. The smallest absolute Gasteiger partial charge is 0.263 e. The number of rotatable bonds is 5. The summed E-state index contributed by atoms with van der Waals surface area (Å²) in [6.45, 7) is 1.79. The largest absolute Gasteiger partial charge is 0.491 e. The van der Waals surface area contributed by atoms with Crippen molar-refractivity contribution >= 4 is 17.2 Å². The Kier molecular flexibility index (Phi) is 4.90. The highest BCUT2D eigenvalue weighted by Gasteiger charge is 2.38. The number of fused-ring (bicyclic) bond motifs is 1. The molecule has 2 aliphatic rings. The van der Waals surface area contributed by atoms with Crippen LogP contribution in [0.1, 0.15) is 26.5 Å². The molecule has 0 spiro atoms. The topological polar surface area (TPSA) is 78.9 Å². The fourth-order valence-corrected chi connectivity index (χ4v) is 4.02. The first-order chi connectivity index (χ1) is 12.7. The molecule has 0 aliphatic carbocycles. The highest BCUT2D eigenvalue weighted by molar-refractivity contribution is 7.13. The number of thiazole rings is 1. The molecule has 0 bridgehead atoms. The number of hydrogen-bond acceptors (Lipinski definition) is 7. The predicted molar refractivity (Wildman–Crippen MR) is 94.5 cm³/mol. The molecule has 1 aromatic carbocycles. The van der Waals surface area contributed by atoms with Crippen molar-refractivity contribution in [3.05, 3.63) is 45.9 Å². The summed E-state index contributed by atoms with van der Waals surface area (Å²) < 4.78 is 22.1. The van der Waals surface area contributed by atoms with E-state index in [1.165, 1.54) is 11.3 Å². The molecule has 7 nitrogen and oxygen atoms in total. The summed E-state index contributed by atoms with van der Waals surface area (Å²) in [6.07, 6.45) is 1.72. The van der Waals surface area contributed by atoms with Crippen LogP contribution < -0.4 is 10.1 Å². The van der Waals surface area contributed by atoms with E-state index < -0.39 is 11.8 Å². The van der Waals surface area contributed by atoms with Gasteiger partial charge in [0.2, 0.25) is 6.29 Å². The molecule has 3 heterocycles. The summed E-state index contributed by atoms with van der Waals surface area (Å²) in [4.78, 5) is 17.6. The van der Waals surface area contributed by atoms with Crippen molar-refractivity contribution in [2.24, 2.45) is 0 Å². The average Bonchev–Trinajstić information content (AvgIpc) is 3.33. The van der Waals surface area contributed by atoms with E-state index in [1.807, 2.05) is 24.3 Å². The summed E-state index contributed by atoms with van der Waals surface area (Å²) in [7, 11) is 1.62. The number of hydrogen-bond donors (Lipinski definition) is 1. The van der Waals surface area contributed by atoms with Gasteiger partial charge in [0.15, 0.2) is 0 Å². The molecule has 138 valence electrons. The Balaban J connectivity index is 1.51. The Labute approximate surface area is 155 Å². The van der Waals surface area contributed by atoms with Crippen LogP contribution in [0.4, 0.5) is 0 Å². The predicted octanol–water partition coefficient (Wildman–Crippen LogP) is 1.94. The van der Waals surface area contributed by atoms with Crippen LogP contribution in [-0.4, -0.2) is 50.0 Å². The third-order valence-corrected chi connectivity index (χ3v) is 5.39. The van der Waals surface area contributed by atoms with Gasteiger partial charge in [-0.15, -0.1) is 11.3 Å². The van der Waals surface area contributed by atoms with Gasteiger partial charge in [0, 0.05) is 13.5 Å². The van der Waals surface area contributed by atoms with E-state index in [2.05, 4.69) is 10.3 Å². The van der Waals surface area contributed by atoms with Gasteiger partial charge in [-0.1, -0.05) is 18.2 Å². The summed E-state index contributed by atoms with van der Waals surface area (Å²) in [6, 6.07) is 7.84. The number of carbonyl (C=O) groups is 1. The van der Waals surface area contributed by atoms with Crippen molar-refractivity contribution in [3.63, 3.8) is 0 Å². The number of benzene rings is 1. The van der Waals surface area contributed by atoms with Crippen molar-refractivity contribution in [2.75, 3.05) is 33.5 Å². The third kappa shape index (κ3) is 3.45. The van der Waals surface area contributed by atoms with Crippen LogP contribution in [0.5, 0.6) is 5.75 Å². The fraction of sp³-hybridized carbons (Fsp3) is 0.444. The van der Waals surface area contributed by atoms with Gasteiger partial charge in [0.25, 0.3) is 5.91 Å². The highest BCUT2D eigenvalue weighted by atomic mass is 32.1. The lowest BCUT2D eigenvalue weighted by Gasteiger charge is -2.38. The van der Waals surface area contributed by atoms with Gasteiger partial charge in [-0.25, -0.2) is 4.98 Å². The first-order valence-corrected chi connectivity index (χ1v) is 9.22. The van der Waals surface area contributed by atoms with E-state index in [0.29, 0.717) is 42.7 Å². The Hall–Kier alpha value is -2.00. The number of nitrogens with zero attached hydrogens (tertiary/aromatic N) is 1. The second-order valence-electron chi connectivity index (χ2n) is 6.38. The minimum Gasteiger partial charge on any atom is -0.491 e. The van der Waals surface area contributed by atoms with E-state index in [1.54, 1.807) is 13.3 Å². The maximum atomic E-state index is 12.8. The summed E-state index contributed by atoms with van der Waals surface area (Å²) in [5.74, 6) is 0.649. The summed E-state index contributed by atoms with van der Waals surface area (Å²) in [5, 5.41) is 3.75. The number of nitrogens with one attached hydrogen (secondary N) is 1. The molecule has 1 fully saturated rings. The standard InChI is InChI=1S/C18H20N2O5S/c1-22-10-18(8-12-4-2-3-5-13(12)25-11-18)20-15(21)14-9-19-16(26-14)17-23-6-7-24-17/h2-5,9,17H,6-8,10-11H2,1H3,(H,20,21). The third-order valence-electron chi connectivity index (χ3n) is 4.38.